The van der Waals surface area contributed by atoms with Crippen LogP contribution in [0.4, 0.5) is 0 Å². The molecule has 1 rings (SSSR count). The van der Waals surface area contributed by atoms with Gasteiger partial charge in [0.1, 0.15) is 0 Å². The zero-order valence-corrected chi connectivity index (χ0v) is 8.98. The number of likely N-dealkylation sites (N-methyl/N-ethyl adjacent to an activating group) is 1. The molecule has 0 radical (unpaired) electrons. The molecule has 0 atom stereocenters. The number of methoxy groups -OCH3 is 1. The molecule has 0 unspecified atom stereocenters. The molecular formula is C11H19NO. The lowest BCUT2D eigenvalue weighted by molar-refractivity contribution is 0.0288. The van der Waals surface area contributed by atoms with E-state index in [4.69, 9.17) is 4.74 Å². The third-order valence-electron chi connectivity index (χ3n) is 2.81. The molecule has 0 aliphatic heterocycles. The summed E-state index contributed by atoms with van der Waals surface area (Å²) in [5.74, 6) is 0. The van der Waals surface area contributed by atoms with Gasteiger partial charge in [-0.1, -0.05) is 26.0 Å². The van der Waals surface area contributed by atoms with Crippen molar-refractivity contribution < 1.29 is 4.74 Å². The first-order valence-corrected chi connectivity index (χ1v) is 4.89. The Bertz CT molecular complexity index is 214. The smallest absolute Gasteiger partial charge is 0.163 e. The normalized spacial score (nSPS) is 20.0. The molecule has 0 saturated heterocycles. The van der Waals surface area contributed by atoms with Gasteiger partial charge in [0.05, 0.1) is 0 Å². The van der Waals surface area contributed by atoms with Gasteiger partial charge in [-0.2, -0.15) is 0 Å². The second-order valence-electron chi connectivity index (χ2n) is 3.23. The predicted molar refractivity (Wildman–Crippen MR) is 55.5 cm³/mol. The van der Waals surface area contributed by atoms with Gasteiger partial charge < -0.3 is 4.74 Å². The maximum Gasteiger partial charge on any atom is 0.163 e. The Balaban J connectivity index is 2.98. The van der Waals surface area contributed by atoms with Crippen molar-refractivity contribution in [3.63, 3.8) is 0 Å². The van der Waals surface area contributed by atoms with Gasteiger partial charge in [-0.25, -0.2) is 0 Å². The first-order chi connectivity index (χ1) is 6.25. The zero-order valence-electron chi connectivity index (χ0n) is 8.98. The van der Waals surface area contributed by atoms with Crippen LogP contribution in [0.25, 0.3) is 0 Å². The number of allylic oxidation sites excluding steroid dienone is 2. The Kier molecular flexibility index (Phi) is 3.28. The van der Waals surface area contributed by atoms with Crippen molar-refractivity contribution in [1.82, 2.24) is 5.32 Å². The van der Waals surface area contributed by atoms with E-state index in [2.05, 4.69) is 31.3 Å². The molecule has 1 aliphatic carbocycles. The number of hydrogen-bond acceptors (Lipinski definition) is 2. The maximum atomic E-state index is 5.61. The van der Waals surface area contributed by atoms with Crippen LogP contribution in [0, 0.1) is 0 Å². The lowest BCUT2D eigenvalue weighted by atomic mass is 9.96. The minimum absolute atomic E-state index is 0.316. The SMILES string of the molecule is CCC1=CC=C(CC)C1(NC)OC. The Labute approximate surface area is 80.7 Å². The highest BCUT2D eigenvalue weighted by molar-refractivity contribution is 5.42. The van der Waals surface area contributed by atoms with Gasteiger partial charge in [-0.3, -0.25) is 5.32 Å². The fourth-order valence-electron chi connectivity index (χ4n) is 2.06. The van der Waals surface area contributed by atoms with Crippen LogP contribution in [0.2, 0.25) is 0 Å². The molecule has 1 N–H and O–H groups in total. The molecule has 2 heteroatoms. The molecule has 0 aromatic carbocycles. The molecule has 0 amide bonds. The summed E-state index contributed by atoms with van der Waals surface area (Å²) >= 11 is 0. The first kappa shape index (κ1) is 10.5. The fourth-order valence-corrected chi connectivity index (χ4v) is 2.06. The average molecular weight is 181 g/mol. The molecule has 0 heterocycles. The number of hydrogen-bond donors (Lipinski definition) is 1. The number of nitrogens with one attached hydrogen (secondary N) is 1. The summed E-state index contributed by atoms with van der Waals surface area (Å²) in [5.41, 5.74) is 2.31. The standard InChI is InChI=1S/C11H19NO/c1-5-9-7-8-10(6-2)11(9,12-3)13-4/h7-8,12H,5-6H2,1-4H3. The summed E-state index contributed by atoms with van der Waals surface area (Å²) in [6.07, 6.45) is 6.38. The van der Waals surface area contributed by atoms with Crippen LogP contribution in [-0.4, -0.2) is 19.9 Å². The molecule has 1 aliphatic rings. The second kappa shape index (κ2) is 4.07. The van der Waals surface area contributed by atoms with Crippen molar-refractivity contribution in [2.24, 2.45) is 0 Å². The van der Waals surface area contributed by atoms with E-state index in [1.165, 1.54) is 11.1 Å². The molecule has 0 spiro atoms. The van der Waals surface area contributed by atoms with Crippen molar-refractivity contribution in [1.29, 1.82) is 0 Å². The lowest BCUT2D eigenvalue weighted by Gasteiger charge is -2.33. The summed E-state index contributed by atoms with van der Waals surface area (Å²) in [5, 5.41) is 3.27. The first-order valence-electron chi connectivity index (χ1n) is 4.89. The quantitative estimate of drug-likeness (QED) is 0.671. The maximum absolute atomic E-state index is 5.61. The molecule has 0 bridgehead atoms. The fraction of sp³-hybridized carbons (Fsp3) is 0.636. The Morgan fingerprint density at radius 3 is 1.92 bits per heavy atom. The molecule has 2 nitrogen and oxygen atoms in total. The molecule has 13 heavy (non-hydrogen) atoms. The van der Waals surface area contributed by atoms with E-state index in [1.807, 2.05) is 7.05 Å². The van der Waals surface area contributed by atoms with Crippen molar-refractivity contribution in [2.45, 2.75) is 32.4 Å². The topological polar surface area (TPSA) is 21.3 Å². The molecule has 0 fully saturated rings. The Hall–Kier alpha value is -0.600. The van der Waals surface area contributed by atoms with E-state index in [0.717, 1.165) is 12.8 Å². The van der Waals surface area contributed by atoms with Crippen molar-refractivity contribution in [3.8, 4) is 0 Å². The van der Waals surface area contributed by atoms with Gasteiger partial charge in [0.2, 0.25) is 0 Å². The summed E-state index contributed by atoms with van der Waals surface area (Å²) in [6, 6.07) is 0. The third kappa shape index (κ3) is 1.45. The van der Waals surface area contributed by atoms with Crippen molar-refractivity contribution >= 4 is 0 Å². The third-order valence-corrected chi connectivity index (χ3v) is 2.81. The van der Waals surface area contributed by atoms with Gasteiger partial charge in [0.15, 0.2) is 5.72 Å². The number of ether oxygens (including phenoxy) is 1. The van der Waals surface area contributed by atoms with Crippen LogP contribution < -0.4 is 5.32 Å². The lowest BCUT2D eigenvalue weighted by Crippen LogP contribution is -2.46. The Morgan fingerprint density at radius 1 is 1.23 bits per heavy atom. The molecule has 0 aromatic heterocycles. The van der Waals surface area contributed by atoms with E-state index in [0.29, 0.717) is 0 Å². The van der Waals surface area contributed by atoms with E-state index in [-0.39, 0.29) is 5.72 Å². The number of rotatable bonds is 4. The van der Waals surface area contributed by atoms with Crippen LogP contribution in [0.3, 0.4) is 0 Å². The summed E-state index contributed by atoms with van der Waals surface area (Å²) in [6.45, 7) is 4.31. The zero-order chi connectivity index (χ0) is 9.90. The van der Waals surface area contributed by atoms with Gasteiger partial charge in [0.25, 0.3) is 0 Å². The van der Waals surface area contributed by atoms with Crippen LogP contribution in [0.5, 0.6) is 0 Å². The highest BCUT2D eigenvalue weighted by Gasteiger charge is 2.37. The van der Waals surface area contributed by atoms with Crippen LogP contribution >= 0.6 is 0 Å². The van der Waals surface area contributed by atoms with E-state index in [9.17, 15) is 0 Å². The van der Waals surface area contributed by atoms with Gasteiger partial charge >= 0.3 is 0 Å². The highest BCUT2D eigenvalue weighted by atomic mass is 16.5. The summed E-state index contributed by atoms with van der Waals surface area (Å²) in [7, 11) is 3.70. The van der Waals surface area contributed by atoms with Crippen molar-refractivity contribution in [2.75, 3.05) is 14.2 Å². The average Bonchev–Trinajstić information content (AvgIpc) is 2.55. The highest BCUT2D eigenvalue weighted by Crippen LogP contribution is 2.35. The minimum Gasteiger partial charge on any atom is -0.356 e. The van der Waals surface area contributed by atoms with Crippen LogP contribution in [0.15, 0.2) is 23.3 Å². The van der Waals surface area contributed by atoms with Crippen LogP contribution in [0.1, 0.15) is 26.7 Å². The largest absolute Gasteiger partial charge is 0.356 e. The summed E-state index contributed by atoms with van der Waals surface area (Å²) in [4.78, 5) is 0. The molecule has 0 saturated carbocycles. The molecule has 0 aromatic rings. The van der Waals surface area contributed by atoms with E-state index < -0.39 is 0 Å². The Morgan fingerprint density at radius 2 is 1.69 bits per heavy atom. The van der Waals surface area contributed by atoms with Gasteiger partial charge in [-0.05, 0) is 31.0 Å². The molecule has 74 valence electrons. The summed E-state index contributed by atoms with van der Waals surface area (Å²) < 4.78 is 5.61. The monoisotopic (exact) mass is 181 g/mol. The molecular weight excluding hydrogens is 162 g/mol. The predicted octanol–water partition coefficient (Wildman–Crippen LogP) is 2.23. The van der Waals surface area contributed by atoms with Gasteiger partial charge in [0, 0.05) is 7.11 Å². The van der Waals surface area contributed by atoms with Crippen LogP contribution in [-0.2, 0) is 4.74 Å². The van der Waals surface area contributed by atoms with E-state index in [1.54, 1.807) is 7.11 Å². The second-order valence-corrected chi connectivity index (χ2v) is 3.23. The van der Waals surface area contributed by atoms with Gasteiger partial charge in [-0.15, -0.1) is 0 Å². The van der Waals surface area contributed by atoms with Crippen molar-refractivity contribution in [3.05, 3.63) is 23.3 Å². The minimum atomic E-state index is -0.316. The van der Waals surface area contributed by atoms with E-state index >= 15 is 0 Å².